The number of aliphatic carboxylic acids is 1. The maximum atomic E-state index is 12.1. The summed E-state index contributed by atoms with van der Waals surface area (Å²) in [5.41, 5.74) is 1.07. The van der Waals surface area contributed by atoms with Crippen molar-refractivity contribution in [3.05, 3.63) is 28.2 Å². The first-order valence-corrected chi connectivity index (χ1v) is 7.96. The summed E-state index contributed by atoms with van der Waals surface area (Å²) in [6.07, 6.45) is -0.407. The zero-order valence-electron chi connectivity index (χ0n) is 13.2. The molecule has 0 bridgehead atoms. The lowest BCUT2D eigenvalue weighted by Gasteiger charge is -2.20. The van der Waals surface area contributed by atoms with Gasteiger partial charge >= 0.3 is 5.97 Å². The van der Waals surface area contributed by atoms with Crippen LogP contribution in [0.5, 0.6) is 5.75 Å². The number of ether oxygens (including phenoxy) is 1. The van der Waals surface area contributed by atoms with Crippen LogP contribution in [0.2, 0.25) is 0 Å². The van der Waals surface area contributed by atoms with E-state index in [0.29, 0.717) is 12.2 Å². The van der Waals surface area contributed by atoms with Gasteiger partial charge in [-0.15, -0.1) is 0 Å². The zero-order valence-corrected chi connectivity index (χ0v) is 14.8. The average Bonchev–Trinajstić information content (AvgIpc) is 2.40. The van der Waals surface area contributed by atoms with Gasteiger partial charge in [-0.05, 0) is 59.8 Å². The van der Waals surface area contributed by atoms with Crippen LogP contribution in [-0.2, 0) is 9.59 Å². The van der Waals surface area contributed by atoms with Gasteiger partial charge in [0.15, 0.2) is 6.10 Å². The molecular weight excluding hydrogens is 350 g/mol. The number of benzene rings is 1. The summed E-state index contributed by atoms with van der Waals surface area (Å²) >= 11 is 3.38. The minimum atomic E-state index is -1.04. The molecule has 0 fully saturated rings. The summed E-state index contributed by atoms with van der Waals surface area (Å²) in [6, 6.07) is 4.63. The Morgan fingerprint density at radius 2 is 1.95 bits per heavy atom. The maximum absolute atomic E-state index is 12.1. The molecule has 0 spiro atoms. The Labute approximate surface area is 139 Å². The number of rotatable bonds is 7. The largest absolute Gasteiger partial charge is 0.480 e. The lowest BCUT2D eigenvalue weighted by molar-refractivity contribution is -0.143. The van der Waals surface area contributed by atoms with E-state index in [1.807, 2.05) is 32.9 Å². The van der Waals surface area contributed by atoms with E-state index >= 15 is 0 Å². The Bertz CT molecular complexity index is 545. The molecule has 0 aliphatic carbocycles. The summed E-state index contributed by atoms with van der Waals surface area (Å²) < 4.78 is 6.35. The molecule has 22 heavy (non-hydrogen) atoms. The van der Waals surface area contributed by atoms with Crippen molar-refractivity contribution < 1.29 is 19.4 Å². The molecule has 0 saturated carbocycles. The normalized spacial score (nSPS) is 13.5. The molecule has 0 aromatic heterocycles. The predicted molar refractivity (Wildman–Crippen MR) is 88.0 cm³/mol. The number of aryl methyl sites for hydroxylation is 1. The molecule has 1 unspecified atom stereocenters. The molecule has 1 aromatic rings. The van der Waals surface area contributed by atoms with Crippen molar-refractivity contribution in [2.24, 2.45) is 5.92 Å². The smallest absolute Gasteiger partial charge is 0.326 e. The third-order valence-electron chi connectivity index (χ3n) is 3.08. The Morgan fingerprint density at radius 1 is 1.32 bits per heavy atom. The standard InChI is InChI=1S/C16H22BrNO4/c1-9(2)7-13(16(20)21)18-15(19)11(4)22-14-6-5-10(3)8-12(14)17/h5-6,8-9,11,13H,7H2,1-4H3,(H,18,19)(H,20,21)/t11?,13-/m1/s1. The number of hydrogen-bond acceptors (Lipinski definition) is 3. The fraction of sp³-hybridized carbons (Fsp3) is 0.500. The lowest BCUT2D eigenvalue weighted by Crippen LogP contribution is -2.46. The van der Waals surface area contributed by atoms with Crippen molar-refractivity contribution in [2.75, 3.05) is 0 Å². The van der Waals surface area contributed by atoms with Crippen LogP contribution in [-0.4, -0.2) is 29.1 Å². The first-order chi connectivity index (χ1) is 10.2. The monoisotopic (exact) mass is 371 g/mol. The molecule has 0 aliphatic heterocycles. The van der Waals surface area contributed by atoms with Gasteiger partial charge in [-0.1, -0.05) is 19.9 Å². The van der Waals surface area contributed by atoms with Gasteiger partial charge in [-0.3, -0.25) is 4.79 Å². The number of nitrogens with one attached hydrogen (secondary N) is 1. The highest BCUT2D eigenvalue weighted by Crippen LogP contribution is 2.26. The highest BCUT2D eigenvalue weighted by atomic mass is 79.9. The molecule has 5 nitrogen and oxygen atoms in total. The van der Waals surface area contributed by atoms with E-state index in [-0.39, 0.29) is 5.92 Å². The highest BCUT2D eigenvalue weighted by Gasteiger charge is 2.24. The van der Waals surface area contributed by atoms with Crippen molar-refractivity contribution in [1.82, 2.24) is 5.32 Å². The van der Waals surface area contributed by atoms with E-state index < -0.39 is 24.0 Å². The molecule has 1 rings (SSSR count). The number of carboxylic acid groups (broad SMARTS) is 1. The van der Waals surface area contributed by atoms with Crippen molar-refractivity contribution in [1.29, 1.82) is 0 Å². The number of hydrogen-bond donors (Lipinski definition) is 2. The van der Waals surface area contributed by atoms with Gasteiger partial charge in [0.25, 0.3) is 5.91 Å². The second-order valence-electron chi connectivity index (χ2n) is 5.72. The summed E-state index contributed by atoms with van der Waals surface area (Å²) in [4.78, 5) is 23.3. The van der Waals surface area contributed by atoms with Gasteiger partial charge in [0, 0.05) is 0 Å². The number of halogens is 1. The summed E-state index contributed by atoms with van der Waals surface area (Å²) in [7, 11) is 0. The number of carbonyl (C=O) groups excluding carboxylic acids is 1. The van der Waals surface area contributed by atoms with Gasteiger partial charge in [0.2, 0.25) is 0 Å². The van der Waals surface area contributed by atoms with Gasteiger partial charge < -0.3 is 15.2 Å². The maximum Gasteiger partial charge on any atom is 0.326 e. The molecule has 2 N–H and O–H groups in total. The van der Waals surface area contributed by atoms with E-state index in [1.54, 1.807) is 13.0 Å². The minimum absolute atomic E-state index is 0.170. The number of carboxylic acids is 1. The molecule has 0 radical (unpaired) electrons. The van der Waals surface area contributed by atoms with E-state index in [4.69, 9.17) is 9.84 Å². The van der Waals surface area contributed by atoms with Crippen LogP contribution < -0.4 is 10.1 Å². The van der Waals surface area contributed by atoms with E-state index in [9.17, 15) is 9.59 Å². The third kappa shape index (κ3) is 5.67. The second-order valence-corrected chi connectivity index (χ2v) is 6.58. The molecule has 2 atom stereocenters. The summed E-state index contributed by atoms with van der Waals surface area (Å²) in [5.74, 6) is -0.765. The first kappa shape index (κ1) is 18.5. The molecule has 1 aromatic carbocycles. The Balaban J connectivity index is 2.69. The minimum Gasteiger partial charge on any atom is -0.480 e. The van der Waals surface area contributed by atoms with Crippen LogP contribution >= 0.6 is 15.9 Å². The second kappa shape index (κ2) is 8.17. The topological polar surface area (TPSA) is 75.6 Å². The quantitative estimate of drug-likeness (QED) is 0.771. The molecule has 0 saturated heterocycles. The Kier molecular flexibility index (Phi) is 6.87. The van der Waals surface area contributed by atoms with Crippen LogP contribution in [0.25, 0.3) is 0 Å². The predicted octanol–water partition coefficient (Wildman–Crippen LogP) is 3.14. The van der Waals surface area contributed by atoms with Gasteiger partial charge in [0.1, 0.15) is 11.8 Å². The molecule has 0 heterocycles. The van der Waals surface area contributed by atoms with Crippen LogP contribution in [0, 0.1) is 12.8 Å². The van der Waals surface area contributed by atoms with Crippen molar-refractivity contribution in [3.63, 3.8) is 0 Å². The van der Waals surface area contributed by atoms with E-state index in [1.165, 1.54) is 0 Å². The fourth-order valence-corrected chi connectivity index (χ4v) is 2.51. The average molecular weight is 372 g/mol. The van der Waals surface area contributed by atoms with Crippen LogP contribution in [0.4, 0.5) is 0 Å². The van der Waals surface area contributed by atoms with Gasteiger partial charge in [-0.2, -0.15) is 0 Å². The zero-order chi connectivity index (χ0) is 16.9. The van der Waals surface area contributed by atoms with Crippen molar-refractivity contribution >= 4 is 27.8 Å². The molecule has 1 amide bonds. The van der Waals surface area contributed by atoms with Gasteiger partial charge in [-0.25, -0.2) is 4.79 Å². The van der Waals surface area contributed by atoms with Crippen LogP contribution in [0.1, 0.15) is 32.8 Å². The Hall–Kier alpha value is -1.56. The van der Waals surface area contributed by atoms with Crippen LogP contribution in [0.15, 0.2) is 22.7 Å². The Morgan fingerprint density at radius 3 is 2.45 bits per heavy atom. The fourth-order valence-electron chi connectivity index (χ4n) is 1.93. The number of carbonyl (C=O) groups is 2. The molecule has 6 heteroatoms. The first-order valence-electron chi connectivity index (χ1n) is 7.16. The third-order valence-corrected chi connectivity index (χ3v) is 3.70. The summed E-state index contributed by atoms with van der Waals surface area (Å²) in [5, 5.41) is 11.7. The summed E-state index contributed by atoms with van der Waals surface area (Å²) in [6.45, 7) is 7.36. The van der Waals surface area contributed by atoms with E-state index in [0.717, 1.165) is 10.0 Å². The van der Waals surface area contributed by atoms with Crippen LogP contribution in [0.3, 0.4) is 0 Å². The van der Waals surface area contributed by atoms with E-state index in [2.05, 4.69) is 21.2 Å². The lowest BCUT2D eigenvalue weighted by atomic mass is 10.0. The van der Waals surface area contributed by atoms with Crippen molar-refractivity contribution in [2.45, 2.75) is 46.3 Å². The van der Waals surface area contributed by atoms with Gasteiger partial charge in [0.05, 0.1) is 4.47 Å². The molecule has 0 aliphatic rings. The molecular formula is C16H22BrNO4. The number of amides is 1. The molecule has 122 valence electrons. The SMILES string of the molecule is Cc1ccc(OC(C)C(=O)N[C@H](CC(C)C)C(=O)O)c(Br)c1. The van der Waals surface area contributed by atoms with Crippen molar-refractivity contribution in [3.8, 4) is 5.75 Å². The highest BCUT2D eigenvalue weighted by molar-refractivity contribution is 9.10.